The van der Waals surface area contributed by atoms with E-state index in [9.17, 15) is 9.59 Å². The maximum atomic E-state index is 13.4. The number of amides is 1. The molecule has 0 saturated heterocycles. The van der Waals surface area contributed by atoms with E-state index in [1.807, 2.05) is 42.5 Å². The third-order valence-electron chi connectivity index (χ3n) is 6.11. The molecular weight excluding hydrogens is 460 g/mol. The Morgan fingerprint density at radius 1 is 1.21 bits per heavy atom. The van der Waals surface area contributed by atoms with Crippen molar-refractivity contribution in [1.29, 1.82) is 0 Å². The van der Waals surface area contributed by atoms with E-state index in [4.69, 9.17) is 16.3 Å². The van der Waals surface area contributed by atoms with Crippen LogP contribution in [0.5, 0.6) is 5.75 Å². The molecule has 1 saturated carbocycles. The molecule has 0 aliphatic heterocycles. The first kappa shape index (κ1) is 23.3. The third-order valence-corrected chi connectivity index (χ3v) is 7.36. The number of rotatable bonds is 7. The average molecular weight is 485 g/mol. The van der Waals surface area contributed by atoms with Gasteiger partial charge in [0.1, 0.15) is 17.6 Å². The Balaban J connectivity index is 1.58. The molecule has 1 fully saturated rings. The molecule has 0 radical (unpaired) electrons. The van der Waals surface area contributed by atoms with E-state index < -0.39 is 5.54 Å². The number of carbonyl (C=O) groups excluding carboxylic acids is 2. The van der Waals surface area contributed by atoms with Crippen molar-refractivity contribution in [3.8, 4) is 11.4 Å². The molecule has 7 nitrogen and oxygen atoms in total. The molecule has 1 atom stereocenters. The van der Waals surface area contributed by atoms with Crippen molar-refractivity contribution in [2.75, 3.05) is 19.9 Å². The van der Waals surface area contributed by atoms with Crippen LogP contribution in [0.2, 0.25) is 5.02 Å². The quantitative estimate of drug-likeness (QED) is 0.459. The van der Waals surface area contributed by atoms with E-state index >= 15 is 0 Å². The monoisotopic (exact) mass is 484 g/mol. The fourth-order valence-corrected chi connectivity index (χ4v) is 5.51. The van der Waals surface area contributed by atoms with E-state index in [1.54, 1.807) is 36.0 Å². The highest BCUT2D eigenvalue weighted by Gasteiger charge is 2.47. The average Bonchev–Trinajstić information content (AvgIpc) is 3.31. The molecule has 0 unspecified atom stereocenters. The summed E-state index contributed by atoms with van der Waals surface area (Å²) in [6.45, 7) is 0. The number of methoxy groups -OCH3 is 1. The Morgan fingerprint density at radius 3 is 2.73 bits per heavy atom. The first-order valence-electron chi connectivity index (χ1n) is 10.7. The molecule has 2 aromatic carbocycles. The summed E-state index contributed by atoms with van der Waals surface area (Å²) in [6.07, 6.45) is 4.25. The number of carbonyl (C=O) groups is 2. The Morgan fingerprint density at radius 2 is 1.97 bits per heavy atom. The lowest BCUT2D eigenvalue weighted by Gasteiger charge is -2.44. The second-order valence-electron chi connectivity index (χ2n) is 7.87. The maximum absolute atomic E-state index is 13.4. The molecule has 0 bridgehead atoms. The van der Waals surface area contributed by atoms with Gasteiger partial charge in [-0.1, -0.05) is 53.7 Å². The van der Waals surface area contributed by atoms with Gasteiger partial charge in [-0.3, -0.25) is 14.2 Å². The van der Waals surface area contributed by atoms with Gasteiger partial charge >= 0.3 is 0 Å². The Labute approximate surface area is 202 Å². The molecule has 0 N–H and O–H groups in total. The predicted octanol–water partition coefficient (Wildman–Crippen LogP) is 4.52. The van der Waals surface area contributed by atoms with Gasteiger partial charge in [0.15, 0.2) is 10.9 Å². The smallest absolute Gasteiger partial charge is 0.233 e. The van der Waals surface area contributed by atoms with Crippen molar-refractivity contribution < 1.29 is 14.3 Å². The number of nitrogens with zero attached hydrogens (tertiary/aromatic N) is 4. The van der Waals surface area contributed by atoms with Crippen LogP contribution in [0, 0.1) is 0 Å². The SMILES string of the molecule is COc1ccccc1-n1cnnc1SCC(=O)N(C)[C@@]1(c2ccccc2Cl)CCCCC1=O. The van der Waals surface area contributed by atoms with Crippen LogP contribution in [0.1, 0.15) is 31.2 Å². The van der Waals surface area contributed by atoms with Gasteiger partial charge < -0.3 is 9.64 Å². The number of aromatic nitrogens is 3. The highest BCUT2D eigenvalue weighted by molar-refractivity contribution is 7.99. The molecule has 0 spiro atoms. The van der Waals surface area contributed by atoms with Crippen molar-refractivity contribution in [3.63, 3.8) is 0 Å². The molecule has 4 rings (SSSR count). The Kier molecular flexibility index (Phi) is 7.05. The number of ketones is 1. The molecule has 1 amide bonds. The fourth-order valence-electron chi connectivity index (χ4n) is 4.38. The van der Waals surface area contributed by atoms with Gasteiger partial charge in [-0.2, -0.15) is 0 Å². The van der Waals surface area contributed by atoms with Crippen molar-refractivity contribution in [3.05, 3.63) is 65.4 Å². The Hall–Kier alpha value is -2.84. The number of ether oxygens (including phenoxy) is 1. The van der Waals surface area contributed by atoms with Crippen molar-refractivity contribution in [1.82, 2.24) is 19.7 Å². The molecule has 3 aromatic rings. The minimum Gasteiger partial charge on any atom is -0.495 e. The number of halogens is 1. The summed E-state index contributed by atoms with van der Waals surface area (Å²) in [7, 11) is 3.30. The summed E-state index contributed by atoms with van der Waals surface area (Å²) in [5.41, 5.74) is 0.419. The molecular formula is C24H25ClN4O3S. The third kappa shape index (κ3) is 4.37. The van der Waals surface area contributed by atoms with Gasteiger partial charge in [0.05, 0.1) is 18.6 Å². The molecule has 172 valence electrons. The second kappa shape index (κ2) is 9.97. The number of hydrogen-bond donors (Lipinski definition) is 0. The van der Waals surface area contributed by atoms with E-state index in [1.165, 1.54) is 11.8 Å². The topological polar surface area (TPSA) is 77.3 Å². The zero-order valence-corrected chi connectivity index (χ0v) is 20.1. The van der Waals surface area contributed by atoms with Crippen LogP contribution in [-0.2, 0) is 15.1 Å². The van der Waals surface area contributed by atoms with Crippen molar-refractivity contribution in [2.45, 2.75) is 36.4 Å². The van der Waals surface area contributed by atoms with Gasteiger partial charge in [-0.15, -0.1) is 10.2 Å². The van der Waals surface area contributed by atoms with Crippen LogP contribution >= 0.6 is 23.4 Å². The molecule has 33 heavy (non-hydrogen) atoms. The summed E-state index contributed by atoms with van der Waals surface area (Å²) in [5, 5.41) is 9.24. The summed E-state index contributed by atoms with van der Waals surface area (Å²) in [5.74, 6) is 0.627. The minimum atomic E-state index is -1.05. The van der Waals surface area contributed by atoms with E-state index in [2.05, 4.69) is 10.2 Å². The van der Waals surface area contributed by atoms with Crippen LogP contribution in [0.15, 0.2) is 60.0 Å². The lowest BCUT2D eigenvalue weighted by Crippen LogP contribution is -2.54. The van der Waals surface area contributed by atoms with Crippen LogP contribution in [0.3, 0.4) is 0 Å². The lowest BCUT2D eigenvalue weighted by molar-refractivity contribution is -0.146. The number of benzene rings is 2. The highest BCUT2D eigenvalue weighted by atomic mass is 35.5. The van der Waals surface area contributed by atoms with Crippen LogP contribution in [-0.4, -0.2) is 51.3 Å². The standard InChI is InChI=1S/C24H25ClN4O3S/c1-28(24(14-8-7-13-21(24)30)17-9-3-4-10-18(17)25)22(31)15-33-23-27-26-16-29(23)19-11-5-6-12-20(19)32-2/h3-6,9-12,16H,7-8,13-15H2,1-2H3/t24-/m1/s1. The second-order valence-corrected chi connectivity index (χ2v) is 9.22. The molecule has 1 aliphatic carbocycles. The van der Waals surface area contributed by atoms with Gasteiger partial charge in [0.2, 0.25) is 5.91 Å². The van der Waals surface area contributed by atoms with Gasteiger partial charge in [0, 0.05) is 24.1 Å². The van der Waals surface area contributed by atoms with E-state index in [-0.39, 0.29) is 17.4 Å². The van der Waals surface area contributed by atoms with E-state index in [0.29, 0.717) is 34.3 Å². The fraction of sp³-hybridized carbons (Fsp3) is 0.333. The van der Waals surface area contributed by atoms with Gasteiger partial charge in [-0.05, 0) is 37.5 Å². The van der Waals surface area contributed by atoms with Crippen LogP contribution < -0.4 is 4.74 Å². The number of hydrogen-bond acceptors (Lipinski definition) is 6. The summed E-state index contributed by atoms with van der Waals surface area (Å²) in [6, 6.07) is 14.8. The van der Waals surface area contributed by atoms with Gasteiger partial charge in [0.25, 0.3) is 0 Å². The summed E-state index contributed by atoms with van der Waals surface area (Å²) < 4.78 is 7.23. The zero-order valence-electron chi connectivity index (χ0n) is 18.5. The van der Waals surface area contributed by atoms with E-state index in [0.717, 1.165) is 18.5 Å². The van der Waals surface area contributed by atoms with Crippen molar-refractivity contribution >= 4 is 35.1 Å². The predicted molar refractivity (Wildman–Crippen MR) is 128 cm³/mol. The number of thioether (sulfide) groups is 1. The molecule has 1 aliphatic rings. The normalized spacial score (nSPS) is 18.2. The first-order valence-corrected chi connectivity index (χ1v) is 12.1. The summed E-state index contributed by atoms with van der Waals surface area (Å²) in [4.78, 5) is 28.2. The Bertz CT molecular complexity index is 1170. The highest BCUT2D eigenvalue weighted by Crippen LogP contribution is 2.42. The van der Waals surface area contributed by atoms with Crippen LogP contribution in [0.25, 0.3) is 5.69 Å². The largest absolute Gasteiger partial charge is 0.495 e. The molecule has 1 heterocycles. The number of likely N-dealkylation sites (N-methyl/N-ethyl adjacent to an activating group) is 1. The minimum absolute atomic E-state index is 0.0277. The lowest BCUT2D eigenvalue weighted by atomic mass is 9.74. The zero-order chi connectivity index (χ0) is 23.4. The molecule has 1 aromatic heterocycles. The molecule has 9 heteroatoms. The van der Waals surface area contributed by atoms with Crippen LogP contribution in [0.4, 0.5) is 0 Å². The summed E-state index contributed by atoms with van der Waals surface area (Å²) >= 11 is 7.77. The van der Waals surface area contributed by atoms with Crippen molar-refractivity contribution in [2.24, 2.45) is 0 Å². The first-order chi connectivity index (χ1) is 16.0. The number of para-hydroxylation sites is 2. The maximum Gasteiger partial charge on any atom is 0.233 e. The van der Waals surface area contributed by atoms with Gasteiger partial charge in [-0.25, -0.2) is 0 Å². The number of Topliss-reactive ketones (excluding diaryl/α,β-unsaturated/α-hetero) is 1.